The third-order valence-electron chi connectivity index (χ3n) is 4.55. The Kier molecular flexibility index (Phi) is 3.33. The van der Waals surface area contributed by atoms with Gasteiger partial charge in [-0.25, -0.2) is 0 Å². The summed E-state index contributed by atoms with van der Waals surface area (Å²) in [7, 11) is 0. The Balaban J connectivity index is 1.64. The SMILES string of the molecule is Cc1cc2cn[nH]c2cc1NC(=O)[C@@H]1CCCc2cccnc21. The maximum Gasteiger partial charge on any atom is 0.233 e. The molecule has 2 heterocycles. The standard InChI is InChI=1S/C18H18N4O/c1-11-8-13-10-20-22-16(13)9-15(11)21-18(23)14-6-2-4-12-5-3-7-19-17(12)14/h3,5,7-10,14H,2,4,6H2,1H3,(H,20,22)(H,21,23)/t14-/m1/s1. The lowest BCUT2D eigenvalue weighted by molar-refractivity contribution is -0.118. The lowest BCUT2D eigenvalue weighted by Gasteiger charge is -2.23. The third kappa shape index (κ3) is 2.48. The Morgan fingerprint density at radius 3 is 3.22 bits per heavy atom. The zero-order valence-electron chi connectivity index (χ0n) is 13.0. The molecule has 1 atom stereocenters. The number of H-pyrrole nitrogens is 1. The number of nitrogens with one attached hydrogen (secondary N) is 2. The number of hydrogen-bond donors (Lipinski definition) is 2. The van der Waals surface area contributed by atoms with Crippen LogP contribution in [0.1, 0.15) is 35.6 Å². The van der Waals surface area contributed by atoms with E-state index in [9.17, 15) is 4.79 Å². The Morgan fingerprint density at radius 2 is 2.30 bits per heavy atom. The van der Waals surface area contributed by atoms with Crippen LogP contribution in [0.3, 0.4) is 0 Å². The van der Waals surface area contributed by atoms with Gasteiger partial charge in [-0.3, -0.25) is 14.9 Å². The summed E-state index contributed by atoms with van der Waals surface area (Å²) in [6.45, 7) is 2.00. The average molecular weight is 306 g/mol. The Bertz CT molecular complexity index is 884. The van der Waals surface area contributed by atoms with Gasteiger partial charge < -0.3 is 5.32 Å². The smallest absolute Gasteiger partial charge is 0.233 e. The number of carbonyl (C=O) groups is 1. The molecule has 0 spiro atoms. The normalized spacial score (nSPS) is 17.0. The number of carbonyl (C=O) groups excluding carboxylic acids is 1. The van der Waals surface area contributed by atoms with E-state index in [0.29, 0.717) is 0 Å². The van der Waals surface area contributed by atoms with Crippen molar-refractivity contribution in [2.75, 3.05) is 5.32 Å². The highest BCUT2D eigenvalue weighted by Crippen LogP contribution is 2.31. The number of amides is 1. The van der Waals surface area contributed by atoms with Gasteiger partial charge >= 0.3 is 0 Å². The molecule has 23 heavy (non-hydrogen) atoms. The van der Waals surface area contributed by atoms with Crippen LogP contribution >= 0.6 is 0 Å². The molecule has 0 saturated carbocycles. The third-order valence-corrected chi connectivity index (χ3v) is 4.55. The maximum atomic E-state index is 12.8. The monoisotopic (exact) mass is 306 g/mol. The Labute approximate surface area is 134 Å². The van der Waals surface area contributed by atoms with Crippen LogP contribution in [0.15, 0.2) is 36.7 Å². The van der Waals surface area contributed by atoms with Crippen molar-refractivity contribution in [3.63, 3.8) is 0 Å². The molecule has 1 aromatic carbocycles. The number of hydrogen-bond acceptors (Lipinski definition) is 3. The van der Waals surface area contributed by atoms with Crippen molar-refractivity contribution in [1.82, 2.24) is 15.2 Å². The number of pyridine rings is 1. The summed E-state index contributed by atoms with van der Waals surface area (Å²) >= 11 is 0. The minimum atomic E-state index is -0.170. The van der Waals surface area contributed by atoms with Gasteiger partial charge in [0, 0.05) is 17.3 Å². The topological polar surface area (TPSA) is 70.7 Å². The minimum absolute atomic E-state index is 0.0200. The van der Waals surface area contributed by atoms with Crippen LogP contribution in [0.25, 0.3) is 10.9 Å². The van der Waals surface area contributed by atoms with Crippen LogP contribution in [-0.4, -0.2) is 21.1 Å². The zero-order chi connectivity index (χ0) is 15.8. The molecule has 0 saturated heterocycles. The highest BCUT2D eigenvalue weighted by atomic mass is 16.1. The molecule has 3 aromatic rings. The van der Waals surface area contributed by atoms with Gasteiger partial charge in [-0.1, -0.05) is 6.07 Å². The van der Waals surface area contributed by atoms with Crippen molar-refractivity contribution >= 4 is 22.5 Å². The molecule has 116 valence electrons. The average Bonchev–Trinajstić information content (AvgIpc) is 3.01. The first-order chi connectivity index (χ1) is 11.2. The van der Waals surface area contributed by atoms with E-state index in [2.05, 4.69) is 26.6 Å². The summed E-state index contributed by atoms with van der Waals surface area (Å²) in [5, 5.41) is 11.1. The number of rotatable bonds is 2. The number of fused-ring (bicyclic) bond motifs is 2. The fraction of sp³-hybridized carbons (Fsp3) is 0.278. The van der Waals surface area contributed by atoms with E-state index in [-0.39, 0.29) is 11.8 Å². The van der Waals surface area contributed by atoms with Gasteiger partial charge in [0.25, 0.3) is 0 Å². The molecule has 0 aliphatic heterocycles. The highest BCUT2D eigenvalue weighted by Gasteiger charge is 2.27. The lowest BCUT2D eigenvalue weighted by atomic mass is 9.86. The lowest BCUT2D eigenvalue weighted by Crippen LogP contribution is -2.26. The van der Waals surface area contributed by atoms with Crippen molar-refractivity contribution in [2.24, 2.45) is 0 Å². The van der Waals surface area contributed by atoms with Crippen molar-refractivity contribution in [3.8, 4) is 0 Å². The second-order valence-corrected chi connectivity index (χ2v) is 6.11. The van der Waals surface area contributed by atoms with Crippen LogP contribution in [0.5, 0.6) is 0 Å². The summed E-state index contributed by atoms with van der Waals surface area (Å²) in [6.07, 6.45) is 6.43. The molecular formula is C18H18N4O. The van der Waals surface area contributed by atoms with E-state index in [1.807, 2.05) is 25.1 Å². The van der Waals surface area contributed by atoms with E-state index < -0.39 is 0 Å². The maximum absolute atomic E-state index is 12.8. The molecule has 1 aliphatic rings. The van der Waals surface area contributed by atoms with Crippen LogP contribution in [0.2, 0.25) is 0 Å². The van der Waals surface area contributed by atoms with Crippen molar-refractivity contribution in [3.05, 3.63) is 53.5 Å². The second kappa shape index (κ2) is 5.50. The summed E-state index contributed by atoms with van der Waals surface area (Å²) in [5.74, 6) is -0.150. The van der Waals surface area contributed by atoms with Gasteiger partial charge in [0.1, 0.15) is 0 Å². The molecule has 1 aliphatic carbocycles. The van der Waals surface area contributed by atoms with Gasteiger partial charge in [0.15, 0.2) is 0 Å². The first-order valence-corrected chi connectivity index (χ1v) is 7.91. The van der Waals surface area contributed by atoms with Gasteiger partial charge in [0.05, 0.1) is 23.3 Å². The number of nitrogens with zero attached hydrogens (tertiary/aromatic N) is 2. The van der Waals surface area contributed by atoms with Crippen LogP contribution in [-0.2, 0) is 11.2 Å². The Morgan fingerprint density at radius 1 is 1.39 bits per heavy atom. The number of aromatic nitrogens is 3. The fourth-order valence-electron chi connectivity index (χ4n) is 3.32. The first-order valence-electron chi connectivity index (χ1n) is 7.91. The predicted octanol–water partition coefficient (Wildman–Crippen LogP) is 3.32. The summed E-state index contributed by atoms with van der Waals surface area (Å²) in [5.41, 5.74) is 4.91. The number of aromatic amines is 1. The van der Waals surface area contributed by atoms with E-state index in [1.54, 1.807) is 12.4 Å². The molecule has 5 nitrogen and oxygen atoms in total. The molecule has 0 unspecified atom stereocenters. The quantitative estimate of drug-likeness (QED) is 0.763. The van der Waals surface area contributed by atoms with Gasteiger partial charge in [-0.05, 0) is 55.5 Å². The summed E-state index contributed by atoms with van der Waals surface area (Å²) < 4.78 is 0. The molecule has 5 heteroatoms. The molecular weight excluding hydrogens is 288 g/mol. The van der Waals surface area contributed by atoms with Crippen molar-refractivity contribution < 1.29 is 4.79 Å². The number of benzene rings is 1. The van der Waals surface area contributed by atoms with Gasteiger partial charge in [0.2, 0.25) is 5.91 Å². The molecule has 0 fully saturated rings. The number of anilines is 1. The summed E-state index contributed by atoms with van der Waals surface area (Å²) in [4.78, 5) is 17.2. The molecule has 1 amide bonds. The predicted molar refractivity (Wildman–Crippen MR) is 89.4 cm³/mol. The van der Waals surface area contributed by atoms with E-state index in [1.165, 1.54) is 5.56 Å². The molecule has 0 bridgehead atoms. The van der Waals surface area contributed by atoms with Gasteiger partial charge in [-0.2, -0.15) is 5.10 Å². The van der Waals surface area contributed by atoms with Gasteiger partial charge in [-0.15, -0.1) is 0 Å². The molecule has 0 radical (unpaired) electrons. The minimum Gasteiger partial charge on any atom is -0.325 e. The first kappa shape index (κ1) is 13.9. The van der Waals surface area contributed by atoms with E-state index in [4.69, 9.17) is 0 Å². The molecule has 4 rings (SSSR count). The van der Waals surface area contributed by atoms with Crippen molar-refractivity contribution in [1.29, 1.82) is 0 Å². The fourth-order valence-corrected chi connectivity index (χ4v) is 3.32. The Hall–Kier alpha value is -2.69. The van der Waals surface area contributed by atoms with Crippen LogP contribution in [0, 0.1) is 6.92 Å². The van der Waals surface area contributed by atoms with Crippen LogP contribution < -0.4 is 5.32 Å². The molecule has 2 aromatic heterocycles. The highest BCUT2D eigenvalue weighted by molar-refractivity contribution is 5.98. The molecule has 2 N–H and O–H groups in total. The van der Waals surface area contributed by atoms with Crippen LogP contribution in [0.4, 0.5) is 5.69 Å². The summed E-state index contributed by atoms with van der Waals surface area (Å²) in [6, 6.07) is 7.98. The largest absolute Gasteiger partial charge is 0.325 e. The van der Waals surface area contributed by atoms with Crippen molar-refractivity contribution in [2.45, 2.75) is 32.1 Å². The number of aryl methyl sites for hydroxylation is 2. The zero-order valence-corrected chi connectivity index (χ0v) is 13.0. The van der Waals surface area contributed by atoms with E-state index >= 15 is 0 Å². The second-order valence-electron chi connectivity index (χ2n) is 6.11. The van der Waals surface area contributed by atoms with E-state index in [0.717, 1.165) is 47.1 Å².